The Hall–Kier alpha value is -2.89. The molecule has 1 aliphatic rings. The van der Waals surface area contributed by atoms with Crippen LogP contribution in [0.3, 0.4) is 0 Å². The number of H-pyrrole nitrogens is 1. The van der Waals surface area contributed by atoms with Crippen LogP contribution in [0.1, 0.15) is 24.3 Å². The molecule has 0 aliphatic heterocycles. The Morgan fingerprint density at radius 1 is 1.27 bits per heavy atom. The highest BCUT2D eigenvalue weighted by atomic mass is 35.5. The Bertz CT molecular complexity index is 1450. The molecule has 11 heteroatoms. The van der Waals surface area contributed by atoms with Crippen LogP contribution in [0.15, 0.2) is 36.7 Å². The number of methoxy groups -OCH3 is 1. The number of aromatic amines is 1. The van der Waals surface area contributed by atoms with Crippen LogP contribution >= 0.6 is 22.9 Å². The van der Waals surface area contributed by atoms with Crippen molar-refractivity contribution < 1.29 is 18.7 Å². The van der Waals surface area contributed by atoms with Crippen molar-refractivity contribution in [1.82, 2.24) is 19.9 Å². The number of carbonyl (C=O) groups is 1. The normalized spacial score (nSPS) is 14.8. The molecule has 0 saturated heterocycles. The lowest BCUT2D eigenvalue weighted by Crippen LogP contribution is -2.37. The first kappa shape index (κ1) is 25.7. The smallest absolute Gasteiger partial charge is 0.238 e. The molecule has 1 amide bonds. The van der Waals surface area contributed by atoms with E-state index in [1.165, 1.54) is 17.4 Å². The van der Waals surface area contributed by atoms with Gasteiger partial charge in [-0.25, -0.2) is 14.4 Å². The highest BCUT2D eigenvalue weighted by molar-refractivity contribution is 7.15. The van der Waals surface area contributed by atoms with Gasteiger partial charge in [-0.1, -0.05) is 11.6 Å². The third kappa shape index (κ3) is 5.12. The van der Waals surface area contributed by atoms with Crippen molar-refractivity contribution >= 4 is 45.6 Å². The Balaban J connectivity index is 1.47. The molecule has 4 aromatic rings. The fraction of sp³-hybridized carbons (Fsp3) is 0.346. The van der Waals surface area contributed by atoms with E-state index in [-0.39, 0.29) is 19.2 Å². The summed E-state index contributed by atoms with van der Waals surface area (Å²) in [6.07, 6.45) is 6.24. The number of likely N-dealkylation sites (N-methyl/N-ethyl adjacent to an activating group) is 1. The summed E-state index contributed by atoms with van der Waals surface area (Å²) in [7, 11) is 5.19. The maximum Gasteiger partial charge on any atom is 0.238 e. The highest BCUT2D eigenvalue weighted by Gasteiger charge is 2.43. The van der Waals surface area contributed by atoms with Gasteiger partial charge in [-0.2, -0.15) is 0 Å². The van der Waals surface area contributed by atoms with Gasteiger partial charge in [0.05, 0.1) is 22.1 Å². The van der Waals surface area contributed by atoms with E-state index in [0.29, 0.717) is 27.6 Å². The van der Waals surface area contributed by atoms with Gasteiger partial charge in [-0.3, -0.25) is 4.79 Å². The molecule has 3 heterocycles. The van der Waals surface area contributed by atoms with Gasteiger partial charge in [-0.15, -0.1) is 11.3 Å². The number of anilines is 1. The molecule has 0 atom stereocenters. The van der Waals surface area contributed by atoms with Crippen molar-refractivity contribution in [2.45, 2.75) is 24.9 Å². The third-order valence-corrected chi connectivity index (χ3v) is 7.86. The number of carbonyl (C=O) groups excluding carboxylic acids is 1. The van der Waals surface area contributed by atoms with Crippen LogP contribution in [0.4, 0.5) is 10.1 Å². The quantitative estimate of drug-likeness (QED) is 0.265. The summed E-state index contributed by atoms with van der Waals surface area (Å²) in [6.45, 7) is 0.416. The van der Waals surface area contributed by atoms with Gasteiger partial charge in [0.2, 0.25) is 5.91 Å². The minimum Gasteiger partial charge on any atom is -0.359 e. The molecule has 1 aliphatic carbocycles. The lowest BCUT2D eigenvalue weighted by atomic mass is 9.80. The molecule has 1 fully saturated rings. The second-order valence-corrected chi connectivity index (χ2v) is 10.8. The Kier molecular flexibility index (Phi) is 7.28. The zero-order valence-corrected chi connectivity index (χ0v) is 22.3. The van der Waals surface area contributed by atoms with E-state index in [0.717, 1.165) is 40.1 Å². The summed E-state index contributed by atoms with van der Waals surface area (Å²) >= 11 is 8.15. The van der Waals surface area contributed by atoms with E-state index in [4.69, 9.17) is 21.1 Å². The Morgan fingerprint density at radius 2 is 2.08 bits per heavy atom. The Labute approximate surface area is 222 Å². The van der Waals surface area contributed by atoms with E-state index >= 15 is 4.39 Å². The molecule has 1 saturated carbocycles. The molecule has 0 spiro atoms. The summed E-state index contributed by atoms with van der Waals surface area (Å²) < 4.78 is 26.2. The molecule has 0 radical (unpaired) electrons. The van der Waals surface area contributed by atoms with Crippen molar-refractivity contribution in [2.24, 2.45) is 0 Å². The lowest BCUT2D eigenvalue weighted by molar-refractivity contribution is -0.171. The van der Waals surface area contributed by atoms with Crippen molar-refractivity contribution in [3.05, 3.63) is 52.5 Å². The van der Waals surface area contributed by atoms with E-state index in [9.17, 15) is 4.79 Å². The number of nitrogens with one attached hydrogen (secondary N) is 2. The number of ether oxygens (including phenoxy) is 2. The van der Waals surface area contributed by atoms with Gasteiger partial charge in [-0.05, 0) is 57.6 Å². The van der Waals surface area contributed by atoms with Crippen LogP contribution in [0, 0.1) is 5.82 Å². The number of amides is 1. The molecular formula is C26H27ClFN5O3S. The SMILES string of the molecule is COCOC1(c2ncc(-c3c(Cl)cnc4[nH]c(-c5ccc(NC(=O)CN(C)C)cc5F)cc34)s2)CCC1. The maximum absolute atomic E-state index is 15.1. The predicted molar refractivity (Wildman–Crippen MR) is 143 cm³/mol. The Morgan fingerprint density at radius 3 is 2.76 bits per heavy atom. The van der Waals surface area contributed by atoms with Crippen molar-refractivity contribution in [3.8, 4) is 21.7 Å². The molecule has 194 valence electrons. The van der Waals surface area contributed by atoms with Gasteiger partial charge in [0.1, 0.15) is 28.9 Å². The minimum atomic E-state index is -0.468. The van der Waals surface area contributed by atoms with E-state index in [1.54, 1.807) is 50.6 Å². The molecule has 3 aromatic heterocycles. The fourth-order valence-electron chi connectivity index (χ4n) is 4.43. The fourth-order valence-corrected chi connectivity index (χ4v) is 5.93. The van der Waals surface area contributed by atoms with Crippen LogP contribution in [0.2, 0.25) is 5.02 Å². The first-order chi connectivity index (χ1) is 17.8. The van der Waals surface area contributed by atoms with E-state index in [1.807, 2.05) is 6.07 Å². The molecule has 1 aromatic carbocycles. The number of benzene rings is 1. The summed E-state index contributed by atoms with van der Waals surface area (Å²) in [5.74, 6) is -0.685. The van der Waals surface area contributed by atoms with Crippen molar-refractivity contribution in [3.63, 3.8) is 0 Å². The first-order valence-electron chi connectivity index (χ1n) is 11.8. The molecule has 8 nitrogen and oxygen atoms in total. The van der Waals surface area contributed by atoms with Crippen LogP contribution in [0.5, 0.6) is 0 Å². The monoisotopic (exact) mass is 543 g/mol. The number of halogens is 2. The number of thiazole rings is 1. The summed E-state index contributed by atoms with van der Waals surface area (Å²) in [5, 5.41) is 4.84. The van der Waals surface area contributed by atoms with Gasteiger partial charge in [0.15, 0.2) is 0 Å². The first-order valence-corrected chi connectivity index (χ1v) is 13.0. The van der Waals surface area contributed by atoms with Crippen molar-refractivity contribution in [1.29, 1.82) is 0 Å². The second kappa shape index (κ2) is 10.5. The zero-order chi connectivity index (χ0) is 26.2. The van der Waals surface area contributed by atoms with Crippen LogP contribution in [-0.4, -0.2) is 60.3 Å². The summed E-state index contributed by atoms with van der Waals surface area (Å²) in [4.78, 5) is 26.9. The van der Waals surface area contributed by atoms with E-state index in [2.05, 4.69) is 20.3 Å². The van der Waals surface area contributed by atoms with Crippen LogP contribution in [-0.2, 0) is 19.9 Å². The number of hydrogen-bond donors (Lipinski definition) is 2. The number of aromatic nitrogens is 3. The second-order valence-electron chi connectivity index (χ2n) is 9.34. The summed E-state index contributed by atoms with van der Waals surface area (Å²) in [5.41, 5.74) is 2.25. The molecular weight excluding hydrogens is 517 g/mol. The maximum atomic E-state index is 15.1. The number of nitrogens with zero attached hydrogens (tertiary/aromatic N) is 3. The highest BCUT2D eigenvalue weighted by Crippen LogP contribution is 2.48. The average Bonchev–Trinajstić information content (AvgIpc) is 3.46. The van der Waals surface area contributed by atoms with Gasteiger partial charge in [0.25, 0.3) is 0 Å². The molecule has 0 unspecified atom stereocenters. The van der Waals surface area contributed by atoms with Gasteiger partial charge >= 0.3 is 0 Å². The summed E-state index contributed by atoms with van der Waals surface area (Å²) in [6, 6.07) is 6.45. The largest absolute Gasteiger partial charge is 0.359 e. The average molecular weight is 544 g/mol. The van der Waals surface area contributed by atoms with Crippen LogP contribution < -0.4 is 5.32 Å². The predicted octanol–water partition coefficient (Wildman–Crippen LogP) is 5.65. The molecule has 0 bridgehead atoms. The van der Waals surface area contributed by atoms with Crippen molar-refractivity contribution in [2.75, 3.05) is 39.9 Å². The van der Waals surface area contributed by atoms with Gasteiger partial charge < -0.3 is 24.7 Å². The lowest BCUT2D eigenvalue weighted by Gasteiger charge is -2.39. The standard InChI is InChI=1S/C26H27ClFN5O3S/c1-33(2)13-22(34)31-15-5-6-16(19(28)9-15)20-10-17-23(18(27)11-29-24(17)32-20)21-12-30-25(37-21)26(7-4-8-26)36-14-35-3/h5-6,9-12H,4,7-8,13-14H2,1-3H3,(H,29,32)(H,31,34). The topological polar surface area (TPSA) is 92.4 Å². The van der Waals surface area contributed by atoms with E-state index < -0.39 is 11.4 Å². The molecule has 5 rings (SSSR count). The molecule has 2 N–H and O–H groups in total. The number of pyridine rings is 1. The van der Waals surface area contributed by atoms with Crippen LogP contribution in [0.25, 0.3) is 32.7 Å². The number of hydrogen-bond acceptors (Lipinski definition) is 7. The number of fused-ring (bicyclic) bond motifs is 1. The third-order valence-electron chi connectivity index (χ3n) is 6.37. The zero-order valence-electron chi connectivity index (χ0n) is 20.7. The minimum absolute atomic E-state index is 0.208. The van der Waals surface area contributed by atoms with Gasteiger partial charge in [0, 0.05) is 41.7 Å². The number of rotatable bonds is 9. The molecule has 37 heavy (non-hydrogen) atoms.